The minimum atomic E-state index is -0.997. The normalized spacial score (nSPS) is 10.1. The second kappa shape index (κ2) is 5.51. The average Bonchev–Trinajstić information content (AvgIpc) is 2.15. The molecular formula is C10H10Br2O3. The molecule has 0 amide bonds. The van der Waals surface area contributed by atoms with Crippen LogP contribution in [-0.2, 0) is 0 Å². The number of hydrogen-bond acceptors (Lipinski definition) is 2. The number of hydrogen-bond donors (Lipinski definition) is 1. The van der Waals surface area contributed by atoms with Gasteiger partial charge in [-0.05, 0) is 34.5 Å². The Bertz CT molecular complexity index is 377. The summed E-state index contributed by atoms with van der Waals surface area (Å²) in [5.74, 6) is -0.615. The first kappa shape index (κ1) is 12.5. The van der Waals surface area contributed by atoms with E-state index in [2.05, 4.69) is 31.9 Å². The topological polar surface area (TPSA) is 46.5 Å². The SMILES string of the molecule is CCCOc1c(Br)cc(Br)cc1C(=O)O. The summed E-state index contributed by atoms with van der Waals surface area (Å²) in [5, 5.41) is 8.99. The highest BCUT2D eigenvalue weighted by molar-refractivity contribution is 9.11. The van der Waals surface area contributed by atoms with Crippen LogP contribution in [0, 0.1) is 0 Å². The van der Waals surface area contributed by atoms with Crippen LogP contribution in [0.5, 0.6) is 5.75 Å². The standard InChI is InChI=1S/C10H10Br2O3/c1-2-3-15-9-7(10(13)14)4-6(11)5-8(9)12/h4-5H,2-3H2,1H3,(H,13,14). The number of carbonyl (C=O) groups is 1. The van der Waals surface area contributed by atoms with Crippen molar-refractivity contribution in [1.82, 2.24) is 0 Å². The Labute approximate surface area is 105 Å². The van der Waals surface area contributed by atoms with Crippen molar-refractivity contribution in [2.45, 2.75) is 13.3 Å². The lowest BCUT2D eigenvalue weighted by Crippen LogP contribution is -2.04. The van der Waals surface area contributed by atoms with E-state index in [1.165, 1.54) is 6.07 Å². The molecule has 0 fully saturated rings. The van der Waals surface area contributed by atoms with Crippen molar-refractivity contribution < 1.29 is 14.6 Å². The summed E-state index contributed by atoms with van der Waals surface area (Å²) >= 11 is 6.51. The fourth-order valence-electron chi connectivity index (χ4n) is 1.07. The molecule has 1 N–H and O–H groups in total. The summed E-state index contributed by atoms with van der Waals surface area (Å²) in [7, 11) is 0. The van der Waals surface area contributed by atoms with Gasteiger partial charge >= 0.3 is 5.97 Å². The molecule has 0 spiro atoms. The van der Waals surface area contributed by atoms with Gasteiger partial charge in [-0.2, -0.15) is 0 Å². The largest absolute Gasteiger partial charge is 0.492 e. The van der Waals surface area contributed by atoms with Gasteiger partial charge in [0.05, 0.1) is 11.1 Å². The molecule has 0 saturated heterocycles. The molecule has 3 nitrogen and oxygen atoms in total. The molecule has 5 heteroatoms. The van der Waals surface area contributed by atoms with E-state index in [4.69, 9.17) is 9.84 Å². The van der Waals surface area contributed by atoms with Gasteiger partial charge < -0.3 is 9.84 Å². The van der Waals surface area contributed by atoms with E-state index in [9.17, 15) is 4.79 Å². The van der Waals surface area contributed by atoms with E-state index in [-0.39, 0.29) is 5.56 Å². The molecule has 15 heavy (non-hydrogen) atoms. The lowest BCUT2D eigenvalue weighted by atomic mass is 10.2. The van der Waals surface area contributed by atoms with E-state index < -0.39 is 5.97 Å². The molecule has 1 aromatic carbocycles. The zero-order valence-electron chi connectivity index (χ0n) is 8.09. The molecule has 0 aliphatic heterocycles. The van der Waals surface area contributed by atoms with Gasteiger partial charge in [0.1, 0.15) is 11.3 Å². The van der Waals surface area contributed by atoms with Crippen LogP contribution in [0.1, 0.15) is 23.7 Å². The zero-order chi connectivity index (χ0) is 11.4. The number of aromatic carboxylic acids is 1. The van der Waals surface area contributed by atoms with Crippen LogP contribution in [0.15, 0.2) is 21.1 Å². The number of rotatable bonds is 4. The molecule has 0 radical (unpaired) electrons. The van der Waals surface area contributed by atoms with Gasteiger partial charge in [-0.1, -0.05) is 22.9 Å². The molecule has 0 aromatic heterocycles. The van der Waals surface area contributed by atoms with E-state index in [1.54, 1.807) is 6.07 Å². The number of benzene rings is 1. The second-order valence-corrected chi connectivity index (χ2v) is 4.69. The van der Waals surface area contributed by atoms with Gasteiger partial charge in [-0.15, -0.1) is 0 Å². The van der Waals surface area contributed by atoms with Crippen LogP contribution < -0.4 is 4.74 Å². The maximum absolute atomic E-state index is 11.0. The summed E-state index contributed by atoms with van der Waals surface area (Å²) in [6.45, 7) is 2.47. The third kappa shape index (κ3) is 3.21. The Morgan fingerprint density at radius 1 is 1.47 bits per heavy atom. The Morgan fingerprint density at radius 2 is 2.13 bits per heavy atom. The highest BCUT2D eigenvalue weighted by atomic mass is 79.9. The second-order valence-electron chi connectivity index (χ2n) is 2.92. The van der Waals surface area contributed by atoms with Crippen LogP contribution in [0.4, 0.5) is 0 Å². The van der Waals surface area contributed by atoms with Gasteiger partial charge in [-0.25, -0.2) is 4.79 Å². The van der Waals surface area contributed by atoms with E-state index in [0.717, 1.165) is 6.42 Å². The van der Waals surface area contributed by atoms with Gasteiger partial charge in [0.15, 0.2) is 0 Å². The average molecular weight is 338 g/mol. The fourth-order valence-corrected chi connectivity index (χ4v) is 2.41. The van der Waals surface area contributed by atoms with E-state index in [1.807, 2.05) is 6.92 Å². The number of carboxylic acids is 1. The number of ether oxygens (including phenoxy) is 1. The minimum Gasteiger partial charge on any atom is -0.492 e. The minimum absolute atomic E-state index is 0.157. The van der Waals surface area contributed by atoms with Crippen LogP contribution in [0.25, 0.3) is 0 Å². The van der Waals surface area contributed by atoms with Crippen molar-refractivity contribution in [3.63, 3.8) is 0 Å². The Kier molecular flexibility index (Phi) is 4.60. The zero-order valence-corrected chi connectivity index (χ0v) is 11.3. The molecule has 0 heterocycles. The third-order valence-electron chi connectivity index (χ3n) is 1.69. The fraction of sp³-hybridized carbons (Fsp3) is 0.300. The quantitative estimate of drug-likeness (QED) is 0.911. The molecule has 1 rings (SSSR count). The highest BCUT2D eigenvalue weighted by Crippen LogP contribution is 2.33. The Morgan fingerprint density at radius 3 is 2.67 bits per heavy atom. The first-order valence-electron chi connectivity index (χ1n) is 4.41. The van der Waals surface area contributed by atoms with Crippen molar-refractivity contribution in [2.24, 2.45) is 0 Å². The summed E-state index contributed by atoms with van der Waals surface area (Å²) < 4.78 is 6.73. The lowest BCUT2D eigenvalue weighted by Gasteiger charge is -2.10. The van der Waals surface area contributed by atoms with Crippen LogP contribution in [0.3, 0.4) is 0 Å². The number of carboxylic acid groups (broad SMARTS) is 1. The molecular weight excluding hydrogens is 328 g/mol. The van der Waals surface area contributed by atoms with Gasteiger partial charge in [0.2, 0.25) is 0 Å². The number of halogens is 2. The van der Waals surface area contributed by atoms with Gasteiger partial charge in [0.25, 0.3) is 0 Å². The maximum atomic E-state index is 11.0. The van der Waals surface area contributed by atoms with Crippen molar-refractivity contribution in [2.75, 3.05) is 6.61 Å². The first-order valence-corrected chi connectivity index (χ1v) is 6.00. The Balaban J connectivity index is 3.15. The van der Waals surface area contributed by atoms with Crippen LogP contribution in [0.2, 0.25) is 0 Å². The Hall–Kier alpha value is -0.550. The van der Waals surface area contributed by atoms with Gasteiger partial charge in [0, 0.05) is 4.47 Å². The van der Waals surface area contributed by atoms with Crippen molar-refractivity contribution in [3.8, 4) is 5.75 Å². The van der Waals surface area contributed by atoms with E-state index in [0.29, 0.717) is 21.3 Å². The lowest BCUT2D eigenvalue weighted by molar-refractivity contribution is 0.0692. The predicted molar refractivity (Wildman–Crippen MR) is 64.6 cm³/mol. The third-order valence-corrected chi connectivity index (χ3v) is 2.74. The molecule has 0 atom stereocenters. The van der Waals surface area contributed by atoms with Gasteiger partial charge in [-0.3, -0.25) is 0 Å². The molecule has 1 aromatic rings. The van der Waals surface area contributed by atoms with Crippen molar-refractivity contribution >= 4 is 37.8 Å². The molecule has 82 valence electrons. The van der Waals surface area contributed by atoms with Crippen molar-refractivity contribution in [1.29, 1.82) is 0 Å². The summed E-state index contributed by atoms with van der Waals surface area (Å²) in [5.41, 5.74) is 0.157. The highest BCUT2D eigenvalue weighted by Gasteiger charge is 2.15. The molecule has 0 unspecified atom stereocenters. The molecule has 0 aliphatic rings. The molecule has 0 bridgehead atoms. The summed E-state index contributed by atoms with van der Waals surface area (Å²) in [4.78, 5) is 11.0. The smallest absolute Gasteiger partial charge is 0.339 e. The summed E-state index contributed by atoms with van der Waals surface area (Å²) in [6.07, 6.45) is 0.835. The summed E-state index contributed by atoms with van der Waals surface area (Å²) in [6, 6.07) is 3.29. The molecule has 0 aliphatic carbocycles. The monoisotopic (exact) mass is 336 g/mol. The first-order chi connectivity index (χ1) is 7.06. The predicted octanol–water partition coefficient (Wildman–Crippen LogP) is 3.70. The van der Waals surface area contributed by atoms with Crippen molar-refractivity contribution in [3.05, 3.63) is 26.6 Å². The van der Waals surface area contributed by atoms with Crippen LogP contribution >= 0.6 is 31.9 Å². The molecule has 0 saturated carbocycles. The van der Waals surface area contributed by atoms with Crippen LogP contribution in [-0.4, -0.2) is 17.7 Å². The maximum Gasteiger partial charge on any atom is 0.339 e. The van der Waals surface area contributed by atoms with E-state index >= 15 is 0 Å².